The van der Waals surface area contributed by atoms with Crippen LogP contribution in [-0.4, -0.2) is 30.5 Å². The van der Waals surface area contributed by atoms with Crippen molar-refractivity contribution in [2.45, 2.75) is 26.2 Å². The van der Waals surface area contributed by atoms with E-state index in [9.17, 15) is 9.18 Å². The Labute approximate surface area is 134 Å². The number of hydrogen-bond acceptors (Lipinski definition) is 3. The van der Waals surface area contributed by atoms with Crippen LogP contribution >= 0.6 is 0 Å². The largest absolute Gasteiger partial charge is 0.357 e. The van der Waals surface area contributed by atoms with Crippen molar-refractivity contribution in [2.75, 3.05) is 24.5 Å². The molecule has 2 saturated heterocycles. The predicted octanol–water partition coefficient (Wildman–Crippen LogP) is 2.79. The predicted molar refractivity (Wildman–Crippen MR) is 87.9 cm³/mol. The third-order valence-electron chi connectivity index (χ3n) is 5.31. The van der Waals surface area contributed by atoms with E-state index in [4.69, 9.17) is 0 Å². The lowest BCUT2D eigenvalue weighted by Gasteiger charge is -2.38. The summed E-state index contributed by atoms with van der Waals surface area (Å²) in [6.45, 7) is 4.62. The number of carbonyl (C=O) groups excluding carboxylic acids is 1. The number of halogens is 1. The first-order valence-electron chi connectivity index (χ1n) is 8.13. The maximum absolute atomic E-state index is 13.5. The Bertz CT molecular complexity index is 781. The van der Waals surface area contributed by atoms with Crippen LogP contribution in [-0.2, 0) is 4.79 Å². The van der Waals surface area contributed by atoms with Gasteiger partial charge in [-0.25, -0.2) is 9.37 Å². The van der Waals surface area contributed by atoms with Crippen LogP contribution in [0.1, 0.15) is 24.8 Å². The molecule has 1 N–H and O–H groups in total. The van der Waals surface area contributed by atoms with Crippen molar-refractivity contribution in [3.05, 3.63) is 35.6 Å². The van der Waals surface area contributed by atoms with E-state index in [2.05, 4.69) is 21.3 Å². The van der Waals surface area contributed by atoms with Gasteiger partial charge in [0.15, 0.2) is 0 Å². The van der Waals surface area contributed by atoms with E-state index in [0.29, 0.717) is 11.9 Å². The molecule has 2 aromatic rings. The number of benzene rings is 1. The van der Waals surface area contributed by atoms with Crippen LogP contribution in [0.25, 0.3) is 10.9 Å². The van der Waals surface area contributed by atoms with Gasteiger partial charge < -0.3 is 10.2 Å². The fraction of sp³-hybridized carbons (Fsp3) is 0.444. The van der Waals surface area contributed by atoms with E-state index in [1.807, 2.05) is 6.92 Å². The minimum absolute atomic E-state index is 0.131. The molecule has 1 aromatic heterocycles. The lowest BCUT2D eigenvalue weighted by atomic mass is 9.77. The molecule has 4 nitrogen and oxygen atoms in total. The van der Waals surface area contributed by atoms with Gasteiger partial charge in [-0.15, -0.1) is 0 Å². The number of aryl methyl sites for hydroxylation is 1. The number of anilines is 1. The van der Waals surface area contributed by atoms with E-state index < -0.39 is 0 Å². The molecule has 0 bridgehead atoms. The smallest absolute Gasteiger partial charge is 0.220 e. The number of nitrogens with zero attached hydrogens (tertiary/aromatic N) is 2. The van der Waals surface area contributed by atoms with E-state index >= 15 is 0 Å². The number of piperidine rings is 1. The van der Waals surface area contributed by atoms with Gasteiger partial charge in [0.1, 0.15) is 11.6 Å². The van der Waals surface area contributed by atoms with E-state index in [-0.39, 0.29) is 17.1 Å². The maximum Gasteiger partial charge on any atom is 0.220 e. The quantitative estimate of drug-likeness (QED) is 0.880. The van der Waals surface area contributed by atoms with Crippen molar-refractivity contribution in [3.63, 3.8) is 0 Å². The van der Waals surface area contributed by atoms with Gasteiger partial charge in [-0.05, 0) is 48.9 Å². The fourth-order valence-electron chi connectivity index (χ4n) is 3.84. The van der Waals surface area contributed by atoms with Crippen LogP contribution in [0.5, 0.6) is 0 Å². The van der Waals surface area contributed by atoms with Crippen molar-refractivity contribution in [1.29, 1.82) is 0 Å². The van der Waals surface area contributed by atoms with Crippen LogP contribution in [0.15, 0.2) is 24.3 Å². The molecule has 2 aliphatic heterocycles. The summed E-state index contributed by atoms with van der Waals surface area (Å²) in [7, 11) is 0. The molecular weight excluding hydrogens is 293 g/mol. The molecule has 0 saturated carbocycles. The maximum atomic E-state index is 13.5. The molecule has 1 spiro atoms. The normalized spacial score (nSPS) is 20.3. The zero-order valence-corrected chi connectivity index (χ0v) is 13.2. The first-order chi connectivity index (χ1) is 11.0. The molecule has 0 radical (unpaired) electrons. The van der Waals surface area contributed by atoms with Crippen molar-refractivity contribution < 1.29 is 9.18 Å². The van der Waals surface area contributed by atoms with E-state index in [0.717, 1.165) is 49.2 Å². The van der Waals surface area contributed by atoms with Crippen molar-refractivity contribution in [1.82, 2.24) is 10.3 Å². The Morgan fingerprint density at radius 2 is 2.04 bits per heavy atom. The number of pyridine rings is 1. The molecule has 5 heteroatoms. The van der Waals surface area contributed by atoms with Crippen LogP contribution in [0.2, 0.25) is 0 Å². The highest BCUT2D eigenvalue weighted by atomic mass is 19.1. The van der Waals surface area contributed by atoms with E-state index in [1.54, 1.807) is 6.07 Å². The summed E-state index contributed by atoms with van der Waals surface area (Å²) in [6.07, 6.45) is 2.64. The SMILES string of the molecule is Cc1cc(N2CCC3(CC2)CNC(=O)C3)nc2cc(F)ccc12. The topological polar surface area (TPSA) is 45.2 Å². The van der Waals surface area contributed by atoms with Gasteiger partial charge in [-0.1, -0.05) is 0 Å². The number of rotatable bonds is 1. The number of fused-ring (bicyclic) bond motifs is 1. The Morgan fingerprint density at radius 1 is 1.26 bits per heavy atom. The summed E-state index contributed by atoms with van der Waals surface area (Å²) in [4.78, 5) is 18.4. The minimum atomic E-state index is -0.255. The monoisotopic (exact) mass is 313 g/mol. The second-order valence-corrected chi connectivity index (χ2v) is 6.90. The Morgan fingerprint density at radius 3 is 2.74 bits per heavy atom. The molecule has 1 aromatic carbocycles. The van der Waals surface area contributed by atoms with Crippen molar-refractivity contribution in [3.8, 4) is 0 Å². The standard InChI is InChI=1S/C18H20FN3O/c1-12-8-16(21-15-9-13(19)2-3-14(12)15)22-6-4-18(5-7-22)10-17(23)20-11-18/h2-3,8-9H,4-7,10-11H2,1H3,(H,20,23). The summed E-state index contributed by atoms with van der Waals surface area (Å²) < 4.78 is 13.5. The molecular formula is C18H20FN3O. The van der Waals surface area contributed by atoms with Gasteiger partial charge in [-0.2, -0.15) is 0 Å². The highest BCUT2D eigenvalue weighted by molar-refractivity contribution is 5.84. The lowest BCUT2D eigenvalue weighted by molar-refractivity contribution is -0.119. The van der Waals surface area contributed by atoms with E-state index in [1.165, 1.54) is 12.1 Å². The number of amides is 1. The highest BCUT2D eigenvalue weighted by Gasteiger charge is 2.41. The molecule has 2 fully saturated rings. The number of aromatic nitrogens is 1. The van der Waals surface area contributed by atoms with Crippen LogP contribution in [0.3, 0.4) is 0 Å². The van der Waals surface area contributed by atoms with Crippen molar-refractivity contribution in [2.24, 2.45) is 5.41 Å². The molecule has 4 rings (SSSR count). The first kappa shape index (κ1) is 14.4. The highest BCUT2D eigenvalue weighted by Crippen LogP contribution is 2.38. The second-order valence-electron chi connectivity index (χ2n) is 6.90. The Kier molecular flexibility index (Phi) is 3.25. The van der Waals surface area contributed by atoms with Gasteiger partial charge in [0.2, 0.25) is 5.91 Å². The van der Waals surface area contributed by atoms with Gasteiger partial charge in [0.25, 0.3) is 0 Å². The van der Waals surface area contributed by atoms with Gasteiger partial charge in [0.05, 0.1) is 5.52 Å². The number of carbonyl (C=O) groups is 1. The Balaban J connectivity index is 1.59. The summed E-state index contributed by atoms with van der Waals surface area (Å²) in [5, 5.41) is 3.95. The average Bonchev–Trinajstić information content (AvgIpc) is 2.88. The fourth-order valence-corrected chi connectivity index (χ4v) is 3.84. The number of hydrogen-bond donors (Lipinski definition) is 1. The average molecular weight is 313 g/mol. The van der Waals surface area contributed by atoms with Gasteiger partial charge in [-0.3, -0.25) is 4.79 Å². The third-order valence-corrected chi connectivity index (χ3v) is 5.31. The number of nitrogens with one attached hydrogen (secondary N) is 1. The molecule has 1 amide bonds. The summed E-state index contributed by atoms with van der Waals surface area (Å²) in [5.41, 5.74) is 1.95. The molecule has 0 unspecified atom stereocenters. The zero-order valence-electron chi connectivity index (χ0n) is 13.2. The summed E-state index contributed by atoms with van der Waals surface area (Å²) in [5.74, 6) is 0.830. The molecule has 0 atom stereocenters. The summed E-state index contributed by atoms with van der Waals surface area (Å²) >= 11 is 0. The molecule has 120 valence electrons. The zero-order chi connectivity index (χ0) is 16.0. The van der Waals surface area contributed by atoms with Crippen molar-refractivity contribution >= 4 is 22.6 Å². The first-order valence-corrected chi connectivity index (χ1v) is 8.13. The second kappa shape index (κ2) is 5.18. The minimum Gasteiger partial charge on any atom is -0.357 e. The van der Waals surface area contributed by atoms with Crippen LogP contribution in [0, 0.1) is 18.2 Å². The van der Waals surface area contributed by atoms with Gasteiger partial charge >= 0.3 is 0 Å². The Hall–Kier alpha value is -2.17. The lowest BCUT2D eigenvalue weighted by Crippen LogP contribution is -2.41. The van der Waals surface area contributed by atoms with Crippen LogP contribution < -0.4 is 10.2 Å². The van der Waals surface area contributed by atoms with Gasteiger partial charge in [0, 0.05) is 37.5 Å². The third kappa shape index (κ3) is 2.54. The molecule has 3 heterocycles. The molecule has 23 heavy (non-hydrogen) atoms. The van der Waals surface area contributed by atoms with Crippen LogP contribution in [0.4, 0.5) is 10.2 Å². The summed E-state index contributed by atoms with van der Waals surface area (Å²) in [6, 6.07) is 6.84. The molecule has 2 aliphatic rings. The molecule has 0 aliphatic carbocycles.